The topological polar surface area (TPSA) is 29.1 Å². The van der Waals surface area contributed by atoms with Crippen molar-refractivity contribution in [2.24, 2.45) is 0 Å². The van der Waals surface area contributed by atoms with Crippen LogP contribution < -0.4 is 5.32 Å². The fraction of sp³-hybridized carbons (Fsp3) is 0.174. The third-order valence-corrected chi connectivity index (χ3v) is 4.40. The molecule has 0 aliphatic rings. The molecule has 0 spiro atoms. The Labute approximate surface area is 149 Å². The first-order chi connectivity index (χ1) is 12.2. The van der Waals surface area contributed by atoms with Crippen molar-refractivity contribution in [3.63, 3.8) is 0 Å². The van der Waals surface area contributed by atoms with E-state index in [9.17, 15) is 4.79 Å². The van der Waals surface area contributed by atoms with Crippen LogP contribution in [0, 0.1) is 6.92 Å². The maximum atomic E-state index is 12.5. The highest BCUT2D eigenvalue weighted by molar-refractivity contribution is 5.77. The fourth-order valence-corrected chi connectivity index (χ4v) is 2.97. The van der Waals surface area contributed by atoms with Gasteiger partial charge in [-0.25, -0.2) is 0 Å². The maximum absolute atomic E-state index is 12.5. The first-order valence-corrected chi connectivity index (χ1v) is 8.64. The van der Waals surface area contributed by atoms with Gasteiger partial charge in [0.1, 0.15) is 0 Å². The number of carbonyl (C=O) groups excluding carboxylic acids is 1. The lowest BCUT2D eigenvalue weighted by Crippen LogP contribution is -2.25. The van der Waals surface area contributed by atoms with Crippen LogP contribution in [-0.2, 0) is 11.3 Å². The van der Waals surface area contributed by atoms with Crippen LogP contribution in [0.4, 0.5) is 0 Å². The largest absolute Gasteiger partial charge is 0.352 e. The van der Waals surface area contributed by atoms with Crippen LogP contribution in [0.5, 0.6) is 0 Å². The van der Waals surface area contributed by atoms with Crippen molar-refractivity contribution in [1.82, 2.24) is 5.32 Å². The molecule has 2 nitrogen and oxygen atoms in total. The van der Waals surface area contributed by atoms with E-state index < -0.39 is 0 Å². The van der Waals surface area contributed by atoms with Crippen LogP contribution in [0.3, 0.4) is 0 Å². The van der Waals surface area contributed by atoms with E-state index in [2.05, 4.69) is 48.6 Å². The molecule has 0 aliphatic heterocycles. The molecule has 0 fully saturated rings. The van der Waals surface area contributed by atoms with Crippen molar-refractivity contribution in [2.45, 2.75) is 25.8 Å². The Kier molecular flexibility index (Phi) is 5.63. The molecule has 2 heteroatoms. The molecule has 3 rings (SSSR count). The molecular weight excluding hydrogens is 306 g/mol. The summed E-state index contributed by atoms with van der Waals surface area (Å²) in [6, 6.07) is 28.7. The number of benzene rings is 3. The third-order valence-electron chi connectivity index (χ3n) is 4.40. The molecule has 0 heterocycles. The highest BCUT2D eigenvalue weighted by Crippen LogP contribution is 2.28. The average molecular weight is 329 g/mol. The zero-order valence-electron chi connectivity index (χ0n) is 14.5. The molecule has 1 atom stereocenters. The summed E-state index contributed by atoms with van der Waals surface area (Å²) in [7, 11) is 0. The Bertz CT molecular complexity index is 795. The SMILES string of the molecule is Cc1ccc([C@H](CC(=O)NCc2ccccc2)c2ccccc2)cc1. The van der Waals surface area contributed by atoms with Crippen molar-refractivity contribution in [2.75, 3.05) is 0 Å². The van der Waals surface area contributed by atoms with E-state index in [1.807, 2.05) is 48.5 Å². The second-order valence-corrected chi connectivity index (χ2v) is 6.34. The van der Waals surface area contributed by atoms with E-state index in [0.29, 0.717) is 13.0 Å². The van der Waals surface area contributed by atoms with Gasteiger partial charge in [0.15, 0.2) is 0 Å². The molecule has 0 saturated heterocycles. The second kappa shape index (κ2) is 8.29. The summed E-state index contributed by atoms with van der Waals surface area (Å²) in [5.74, 6) is 0.135. The summed E-state index contributed by atoms with van der Waals surface area (Å²) in [6.07, 6.45) is 0.444. The van der Waals surface area contributed by atoms with Gasteiger partial charge in [0.2, 0.25) is 5.91 Å². The maximum Gasteiger partial charge on any atom is 0.221 e. The number of rotatable bonds is 6. The normalized spacial score (nSPS) is 11.7. The first-order valence-electron chi connectivity index (χ1n) is 8.64. The molecule has 0 radical (unpaired) electrons. The van der Waals surface area contributed by atoms with Gasteiger partial charge < -0.3 is 5.32 Å². The molecule has 126 valence electrons. The monoisotopic (exact) mass is 329 g/mol. The molecular formula is C23H23NO. The number of amides is 1. The van der Waals surface area contributed by atoms with Gasteiger partial charge in [-0.3, -0.25) is 4.79 Å². The van der Waals surface area contributed by atoms with Crippen LogP contribution in [-0.4, -0.2) is 5.91 Å². The third kappa shape index (κ3) is 4.80. The Morgan fingerprint density at radius 2 is 1.36 bits per heavy atom. The number of nitrogens with one attached hydrogen (secondary N) is 1. The molecule has 0 aromatic heterocycles. The lowest BCUT2D eigenvalue weighted by atomic mass is 9.88. The minimum absolute atomic E-state index is 0.0672. The Hall–Kier alpha value is -2.87. The van der Waals surface area contributed by atoms with E-state index in [1.165, 1.54) is 16.7 Å². The lowest BCUT2D eigenvalue weighted by molar-refractivity contribution is -0.121. The zero-order valence-corrected chi connectivity index (χ0v) is 14.5. The van der Waals surface area contributed by atoms with Gasteiger partial charge in [-0.1, -0.05) is 90.5 Å². The summed E-state index contributed by atoms with van der Waals surface area (Å²) in [6.45, 7) is 2.64. The highest BCUT2D eigenvalue weighted by Gasteiger charge is 2.18. The second-order valence-electron chi connectivity index (χ2n) is 6.34. The lowest BCUT2D eigenvalue weighted by Gasteiger charge is -2.18. The molecule has 1 amide bonds. The van der Waals surface area contributed by atoms with Crippen LogP contribution in [0.15, 0.2) is 84.9 Å². The smallest absolute Gasteiger partial charge is 0.221 e. The Balaban J connectivity index is 1.73. The summed E-state index contributed by atoms with van der Waals surface area (Å²) in [5, 5.41) is 3.04. The standard InChI is InChI=1S/C23H23NO/c1-18-12-14-21(15-13-18)22(20-10-6-3-7-11-20)16-23(25)24-17-19-8-4-2-5-9-19/h2-15,22H,16-17H2,1H3,(H,24,25)/t22-/m1/s1. The molecule has 0 saturated carbocycles. The Morgan fingerprint density at radius 1 is 0.800 bits per heavy atom. The van der Waals surface area contributed by atoms with Crippen LogP contribution >= 0.6 is 0 Å². The molecule has 3 aromatic carbocycles. The minimum Gasteiger partial charge on any atom is -0.352 e. The highest BCUT2D eigenvalue weighted by atomic mass is 16.1. The molecule has 0 unspecified atom stereocenters. The van der Waals surface area contributed by atoms with Crippen LogP contribution in [0.1, 0.15) is 34.6 Å². The summed E-state index contributed by atoms with van der Waals surface area (Å²) in [4.78, 5) is 12.5. The summed E-state index contributed by atoms with van der Waals surface area (Å²) in [5.41, 5.74) is 4.68. The van der Waals surface area contributed by atoms with Gasteiger partial charge in [0.05, 0.1) is 0 Å². The number of hydrogen-bond acceptors (Lipinski definition) is 1. The van der Waals surface area contributed by atoms with Crippen molar-refractivity contribution < 1.29 is 4.79 Å². The van der Waals surface area contributed by atoms with Crippen LogP contribution in [0.2, 0.25) is 0 Å². The predicted molar refractivity (Wildman–Crippen MR) is 102 cm³/mol. The summed E-state index contributed by atoms with van der Waals surface area (Å²) < 4.78 is 0. The van der Waals surface area contributed by atoms with Gasteiger partial charge in [0.25, 0.3) is 0 Å². The minimum atomic E-state index is 0.0672. The van der Waals surface area contributed by atoms with Crippen molar-refractivity contribution in [3.05, 3.63) is 107 Å². The number of aryl methyl sites for hydroxylation is 1. The molecule has 25 heavy (non-hydrogen) atoms. The van der Waals surface area contributed by atoms with E-state index in [-0.39, 0.29) is 11.8 Å². The first kappa shape index (κ1) is 17.0. The van der Waals surface area contributed by atoms with Gasteiger partial charge in [-0.05, 0) is 23.6 Å². The van der Waals surface area contributed by atoms with Gasteiger partial charge in [-0.15, -0.1) is 0 Å². The average Bonchev–Trinajstić information content (AvgIpc) is 2.67. The molecule has 3 aromatic rings. The van der Waals surface area contributed by atoms with Crippen molar-refractivity contribution in [1.29, 1.82) is 0 Å². The van der Waals surface area contributed by atoms with Crippen LogP contribution in [0.25, 0.3) is 0 Å². The van der Waals surface area contributed by atoms with Gasteiger partial charge in [0, 0.05) is 18.9 Å². The van der Waals surface area contributed by atoms with Gasteiger partial charge >= 0.3 is 0 Å². The fourth-order valence-electron chi connectivity index (χ4n) is 2.97. The quantitative estimate of drug-likeness (QED) is 0.689. The predicted octanol–water partition coefficient (Wildman–Crippen LogP) is 4.83. The summed E-state index contributed by atoms with van der Waals surface area (Å²) >= 11 is 0. The van der Waals surface area contributed by atoms with Crippen molar-refractivity contribution in [3.8, 4) is 0 Å². The van der Waals surface area contributed by atoms with E-state index in [1.54, 1.807) is 0 Å². The molecule has 0 bridgehead atoms. The van der Waals surface area contributed by atoms with E-state index >= 15 is 0 Å². The van der Waals surface area contributed by atoms with E-state index in [0.717, 1.165) is 5.56 Å². The Morgan fingerprint density at radius 3 is 2.00 bits per heavy atom. The molecule has 1 N–H and O–H groups in total. The van der Waals surface area contributed by atoms with Gasteiger partial charge in [-0.2, -0.15) is 0 Å². The zero-order chi connectivity index (χ0) is 17.5. The van der Waals surface area contributed by atoms with Crippen molar-refractivity contribution >= 4 is 5.91 Å². The number of hydrogen-bond donors (Lipinski definition) is 1. The molecule has 0 aliphatic carbocycles. The van der Waals surface area contributed by atoms with E-state index in [4.69, 9.17) is 0 Å². The number of carbonyl (C=O) groups is 1.